The molecule has 0 spiro atoms. The van der Waals surface area contributed by atoms with Gasteiger partial charge in [0.1, 0.15) is 0 Å². The van der Waals surface area contributed by atoms with Crippen LogP contribution < -0.4 is 5.32 Å². The Morgan fingerprint density at radius 3 is 2.58 bits per heavy atom. The third kappa shape index (κ3) is 3.03. The maximum absolute atomic E-state index is 5.99. The molecule has 2 aromatic carbocycles. The maximum atomic E-state index is 5.99. The second-order valence-electron chi connectivity index (χ2n) is 4.95. The molecule has 3 rings (SSSR count). The van der Waals surface area contributed by atoms with Crippen molar-refractivity contribution in [2.24, 2.45) is 0 Å². The molecular weight excluding hydrogens is 234 g/mol. The molecule has 0 bridgehead atoms. The van der Waals surface area contributed by atoms with Gasteiger partial charge in [-0.3, -0.25) is 0 Å². The molecule has 1 saturated heterocycles. The van der Waals surface area contributed by atoms with Gasteiger partial charge >= 0.3 is 0 Å². The van der Waals surface area contributed by atoms with Gasteiger partial charge < -0.3 is 10.1 Å². The lowest BCUT2D eigenvalue weighted by molar-refractivity contribution is 0.0545. The average molecular weight is 253 g/mol. The summed E-state index contributed by atoms with van der Waals surface area (Å²) in [5.74, 6) is 0. The van der Waals surface area contributed by atoms with E-state index in [0.29, 0.717) is 12.7 Å². The molecule has 0 aliphatic carbocycles. The lowest BCUT2D eigenvalue weighted by Gasteiger charge is -2.13. The highest BCUT2D eigenvalue weighted by atomic mass is 16.5. The predicted molar refractivity (Wildman–Crippen MR) is 77.9 cm³/mol. The van der Waals surface area contributed by atoms with Crippen LogP contribution in [0.25, 0.3) is 11.1 Å². The van der Waals surface area contributed by atoms with Gasteiger partial charge in [-0.1, -0.05) is 54.6 Å². The maximum Gasteiger partial charge on any atom is 0.0727 e. The van der Waals surface area contributed by atoms with Gasteiger partial charge in [0, 0.05) is 6.54 Å². The number of hydrogen-bond acceptors (Lipinski definition) is 2. The fourth-order valence-electron chi connectivity index (χ4n) is 2.52. The summed E-state index contributed by atoms with van der Waals surface area (Å²) in [6.07, 6.45) is 1.48. The largest absolute Gasteiger partial charge is 0.372 e. The molecule has 0 amide bonds. The van der Waals surface area contributed by atoms with Gasteiger partial charge in [-0.25, -0.2) is 0 Å². The lowest BCUT2D eigenvalue weighted by atomic mass is 10.0. The van der Waals surface area contributed by atoms with Crippen molar-refractivity contribution in [3.8, 4) is 11.1 Å². The molecule has 2 nitrogen and oxygen atoms in total. The number of benzene rings is 2. The van der Waals surface area contributed by atoms with Gasteiger partial charge in [0.25, 0.3) is 0 Å². The Hall–Kier alpha value is -1.64. The molecule has 19 heavy (non-hydrogen) atoms. The Morgan fingerprint density at radius 1 is 1.00 bits per heavy atom. The highest BCUT2D eigenvalue weighted by Crippen LogP contribution is 2.24. The van der Waals surface area contributed by atoms with Crippen LogP contribution in [0.4, 0.5) is 0 Å². The molecule has 1 fully saturated rings. The summed E-state index contributed by atoms with van der Waals surface area (Å²) in [5.41, 5.74) is 3.79. The summed E-state index contributed by atoms with van der Waals surface area (Å²) in [6.45, 7) is 2.75. The van der Waals surface area contributed by atoms with E-state index >= 15 is 0 Å². The van der Waals surface area contributed by atoms with Gasteiger partial charge in [0.05, 0.1) is 12.7 Å². The van der Waals surface area contributed by atoms with Crippen molar-refractivity contribution in [1.29, 1.82) is 0 Å². The molecule has 2 aromatic rings. The highest BCUT2D eigenvalue weighted by Gasteiger charge is 2.15. The van der Waals surface area contributed by atoms with Gasteiger partial charge in [-0.05, 0) is 29.7 Å². The third-order valence-electron chi connectivity index (χ3n) is 3.59. The zero-order chi connectivity index (χ0) is 12.9. The number of ether oxygens (including phenoxy) is 1. The first kappa shape index (κ1) is 12.4. The zero-order valence-electron chi connectivity index (χ0n) is 11.0. The average Bonchev–Trinajstić information content (AvgIpc) is 3.00. The van der Waals surface area contributed by atoms with Crippen molar-refractivity contribution in [3.05, 3.63) is 60.2 Å². The second-order valence-corrected chi connectivity index (χ2v) is 4.95. The van der Waals surface area contributed by atoms with Crippen LogP contribution in [0, 0.1) is 0 Å². The minimum Gasteiger partial charge on any atom is -0.372 e. The smallest absolute Gasteiger partial charge is 0.0727 e. The number of rotatable bonds is 4. The lowest BCUT2D eigenvalue weighted by Crippen LogP contribution is -2.16. The van der Waals surface area contributed by atoms with Gasteiger partial charge in [-0.2, -0.15) is 0 Å². The van der Waals surface area contributed by atoms with Crippen molar-refractivity contribution in [1.82, 2.24) is 5.32 Å². The number of hydrogen-bond donors (Lipinski definition) is 1. The molecule has 0 radical (unpaired) electrons. The standard InChI is InChI=1S/C17H19NO/c1-2-6-14(7-3-1)17-9-5-4-8-15(17)13-19-16-10-11-18-12-16/h1-9,16,18H,10-13H2. The molecule has 0 aromatic heterocycles. The van der Waals surface area contributed by atoms with E-state index in [2.05, 4.69) is 53.8 Å². The molecule has 1 atom stereocenters. The van der Waals surface area contributed by atoms with Crippen molar-refractivity contribution in [3.63, 3.8) is 0 Å². The fraction of sp³-hybridized carbons (Fsp3) is 0.294. The third-order valence-corrected chi connectivity index (χ3v) is 3.59. The van der Waals surface area contributed by atoms with E-state index in [0.717, 1.165) is 19.5 Å². The first-order chi connectivity index (χ1) is 9.43. The Labute approximate surface area is 114 Å². The van der Waals surface area contributed by atoms with E-state index in [1.807, 2.05) is 6.07 Å². The second kappa shape index (κ2) is 6.00. The molecule has 1 heterocycles. The Balaban J connectivity index is 1.77. The molecule has 98 valence electrons. The van der Waals surface area contributed by atoms with Crippen molar-refractivity contribution < 1.29 is 4.74 Å². The van der Waals surface area contributed by atoms with Gasteiger partial charge in [-0.15, -0.1) is 0 Å². The van der Waals surface area contributed by atoms with Crippen LogP contribution in [0.15, 0.2) is 54.6 Å². The Kier molecular flexibility index (Phi) is 3.92. The summed E-state index contributed by atoms with van der Waals surface area (Å²) in [7, 11) is 0. The summed E-state index contributed by atoms with van der Waals surface area (Å²) in [4.78, 5) is 0. The van der Waals surface area contributed by atoms with Crippen LogP contribution in [0.2, 0.25) is 0 Å². The summed E-state index contributed by atoms with van der Waals surface area (Å²) in [6, 6.07) is 19.0. The van der Waals surface area contributed by atoms with E-state index in [1.54, 1.807) is 0 Å². The topological polar surface area (TPSA) is 21.3 Å². The normalized spacial score (nSPS) is 18.6. The van der Waals surface area contributed by atoms with Gasteiger partial charge in [0.15, 0.2) is 0 Å². The van der Waals surface area contributed by atoms with Crippen molar-refractivity contribution in [2.45, 2.75) is 19.1 Å². The quantitative estimate of drug-likeness (QED) is 0.903. The molecule has 2 heteroatoms. The van der Waals surface area contributed by atoms with Crippen molar-refractivity contribution in [2.75, 3.05) is 13.1 Å². The first-order valence-electron chi connectivity index (χ1n) is 6.89. The van der Waals surface area contributed by atoms with Crippen LogP contribution in [-0.2, 0) is 11.3 Å². The Bertz CT molecular complexity index is 518. The molecule has 1 aliphatic heterocycles. The molecule has 1 N–H and O–H groups in total. The number of nitrogens with one attached hydrogen (secondary N) is 1. The Morgan fingerprint density at radius 2 is 1.79 bits per heavy atom. The molecule has 1 unspecified atom stereocenters. The van der Waals surface area contributed by atoms with Crippen LogP contribution in [-0.4, -0.2) is 19.2 Å². The monoisotopic (exact) mass is 253 g/mol. The van der Waals surface area contributed by atoms with Crippen LogP contribution in [0.5, 0.6) is 0 Å². The van der Waals surface area contributed by atoms with Crippen LogP contribution in [0.1, 0.15) is 12.0 Å². The summed E-state index contributed by atoms with van der Waals surface area (Å²) in [5, 5.41) is 3.33. The molecule has 1 aliphatic rings. The van der Waals surface area contributed by atoms with E-state index < -0.39 is 0 Å². The predicted octanol–water partition coefficient (Wildman–Crippen LogP) is 3.23. The summed E-state index contributed by atoms with van der Waals surface area (Å²) < 4.78 is 5.99. The van der Waals surface area contributed by atoms with Gasteiger partial charge in [0.2, 0.25) is 0 Å². The SMILES string of the molecule is c1ccc(-c2ccccc2COC2CCNC2)cc1. The molecule has 0 saturated carbocycles. The summed E-state index contributed by atoms with van der Waals surface area (Å²) >= 11 is 0. The first-order valence-corrected chi connectivity index (χ1v) is 6.89. The zero-order valence-corrected chi connectivity index (χ0v) is 11.0. The van der Waals surface area contributed by atoms with Crippen molar-refractivity contribution >= 4 is 0 Å². The van der Waals surface area contributed by atoms with E-state index in [1.165, 1.54) is 16.7 Å². The van der Waals surface area contributed by atoms with E-state index in [9.17, 15) is 0 Å². The highest BCUT2D eigenvalue weighted by molar-refractivity contribution is 5.66. The van der Waals surface area contributed by atoms with Crippen LogP contribution >= 0.6 is 0 Å². The fourth-order valence-corrected chi connectivity index (χ4v) is 2.52. The van der Waals surface area contributed by atoms with Crippen LogP contribution in [0.3, 0.4) is 0 Å². The van der Waals surface area contributed by atoms with E-state index in [4.69, 9.17) is 4.74 Å². The molecular formula is C17H19NO. The van der Waals surface area contributed by atoms with E-state index in [-0.39, 0.29) is 0 Å². The minimum absolute atomic E-state index is 0.365. The minimum atomic E-state index is 0.365.